The molecule has 0 aliphatic heterocycles. The molecule has 0 aliphatic carbocycles. The number of carboxylic acids is 1. The number of carbonyl (C=O) groups is 1. The second-order valence-electron chi connectivity index (χ2n) is 4.02. The molecular formula is C12H13NO3. The van der Waals surface area contributed by atoms with E-state index >= 15 is 0 Å². The Labute approximate surface area is 92.9 Å². The van der Waals surface area contributed by atoms with Gasteiger partial charge in [-0.3, -0.25) is 4.79 Å². The summed E-state index contributed by atoms with van der Waals surface area (Å²) in [6.07, 6.45) is 0.322. The lowest BCUT2D eigenvalue weighted by Gasteiger charge is -2.00. The predicted molar refractivity (Wildman–Crippen MR) is 59.2 cm³/mol. The normalized spacial score (nSPS) is 12.9. The second-order valence-corrected chi connectivity index (χ2v) is 4.02. The van der Waals surface area contributed by atoms with E-state index in [0.717, 1.165) is 11.1 Å². The zero-order valence-electron chi connectivity index (χ0n) is 9.23. The fourth-order valence-corrected chi connectivity index (χ4v) is 1.52. The van der Waals surface area contributed by atoms with Gasteiger partial charge in [0.1, 0.15) is 5.52 Å². The van der Waals surface area contributed by atoms with Crippen molar-refractivity contribution in [2.45, 2.75) is 20.3 Å². The lowest BCUT2D eigenvalue weighted by Crippen LogP contribution is -2.12. The van der Waals surface area contributed by atoms with E-state index in [1.165, 1.54) is 0 Å². The Morgan fingerprint density at radius 3 is 3.00 bits per heavy atom. The first kappa shape index (κ1) is 10.7. The largest absolute Gasteiger partial charge is 0.481 e. The van der Waals surface area contributed by atoms with Gasteiger partial charge in [-0.1, -0.05) is 13.0 Å². The summed E-state index contributed by atoms with van der Waals surface area (Å²) in [7, 11) is 0. The van der Waals surface area contributed by atoms with Crippen LogP contribution in [-0.2, 0) is 11.2 Å². The van der Waals surface area contributed by atoms with Crippen LogP contribution in [0.5, 0.6) is 0 Å². The molecule has 16 heavy (non-hydrogen) atoms. The van der Waals surface area contributed by atoms with Crippen LogP contribution in [0.25, 0.3) is 11.1 Å². The minimum absolute atomic E-state index is 0.322. The number of aryl methyl sites for hydroxylation is 1. The summed E-state index contributed by atoms with van der Waals surface area (Å²) in [4.78, 5) is 14.9. The van der Waals surface area contributed by atoms with Crippen molar-refractivity contribution in [1.82, 2.24) is 4.98 Å². The number of carboxylic acid groups (broad SMARTS) is 1. The van der Waals surface area contributed by atoms with Crippen LogP contribution in [0, 0.1) is 12.8 Å². The smallest absolute Gasteiger partial charge is 0.306 e. The third kappa shape index (κ3) is 2.05. The number of rotatable bonds is 3. The quantitative estimate of drug-likeness (QED) is 0.860. The van der Waals surface area contributed by atoms with Crippen LogP contribution in [0.15, 0.2) is 22.6 Å². The summed E-state index contributed by atoms with van der Waals surface area (Å²) in [5.74, 6) is -0.830. The molecule has 0 spiro atoms. The first-order valence-corrected chi connectivity index (χ1v) is 5.15. The standard InChI is InChI=1S/C12H13NO3/c1-7-3-4-9-10(5-7)16-11(13-9)6-8(2)12(14)15/h3-5,8H,6H2,1-2H3,(H,14,15). The van der Waals surface area contributed by atoms with Crippen molar-refractivity contribution in [2.24, 2.45) is 5.92 Å². The minimum atomic E-state index is -0.835. The highest BCUT2D eigenvalue weighted by atomic mass is 16.4. The van der Waals surface area contributed by atoms with Gasteiger partial charge in [0.05, 0.1) is 5.92 Å². The van der Waals surface area contributed by atoms with Gasteiger partial charge in [0.15, 0.2) is 11.5 Å². The molecule has 0 aliphatic rings. The molecule has 4 heteroatoms. The number of benzene rings is 1. The van der Waals surface area contributed by atoms with Crippen molar-refractivity contribution >= 4 is 17.1 Å². The molecule has 1 aromatic carbocycles. The average Bonchev–Trinajstić information content (AvgIpc) is 2.58. The maximum atomic E-state index is 10.7. The third-order valence-corrected chi connectivity index (χ3v) is 2.49. The van der Waals surface area contributed by atoms with Gasteiger partial charge in [-0.05, 0) is 24.6 Å². The Morgan fingerprint density at radius 2 is 2.31 bits per heavy atom. The maximum absolute atomic E-state index is 10.7. The number of fused-ring (bicyclic) bond motifs is 1. The number of aromatic nitrogens is 1. The predicted octanol–water partition coefficient (Wildman–Crippen LogP) is 2.40. The maximum Gasteiger partial charge on any atom is 0.306 e. The summed E-state index contributed by atoms with van der Waals surface area (Å²) < 4.78 is 5.50. The number of nitrogens with zero attached hydrogens (tertiary/aromatic N) is 1. The fourth-order valence-electron chi connectivity index (χ4n) is 1.52. The molecule has 0 amide bonds. The van der Waals surface area contributed by atoms with Gasteiger partial charge in [-0.25, -0.2) is 4.98 Å². The van der Waals surface area contributed by atoms with Gasteiger partial charge in [0, 0.05) is 6.42 Å². The molecule has 1 atom stereocenters. The van der Waals surface area contributed by atoms with Crippen molar-refractivity contribution in [3.63, 3.8) is 0 Å². The number of oxazole rings is 1. The average molecular weight is 219 g/mol. The van der Waals surface area contributed by atoms with Crippen LogP contribution < -0.4 is 0 Å². The first-order chi connectivity index (χ1) is 7.56. The molecule has 4 nitrogen and oxygen atoms in total. The molecule has 1 heterocycles. The van der Waals surface area contributed by atoms with E-state index in [4.69, 9.17) is 9.52 Å². The van der Waals surface area contributed by atoms with E-state index < -0.39 is 11.9 Å². The van der Waals surface area contributed by atoms with E-state index in [1.54, 1.807) is 6.92 Å². The Hall–Kier alpha value is -1.84. The van der Waals surface area contributed by atoms with Crippen LogP contribution in [0.1, 0.15) is 18.4 Å². The van der Waals surface area contributed by atoms with Crippen LogP contribution in [0.3, 0.4) is 0 Å². The van der Waals surface area contributed by atoms with E-state index in [2.05, 4.69) is 4.98 Å². The number of aliphatic carboxylic acids is 1. The summed E-state index contributed by atoms with van der Waals surface area (Å²) in [5, 5.41) is 8.79. The highest BCUT2D eigenvalue weighted by Crippen LogP contribution is 2.18. The highest BCUT2D eigenvalue weighted by Gasteiger charge is 2.15. The Morgan fingerprint density at radius 1 is 1.56 bits per heavy atom. The Balaban J connectivity index is 2.29. The van der Waals surface area contributed by atoms with Gasteiger partial charge in [0.25, 0.3) is 0 Å². The van der Waals surface area contributed by atoms with E-state index in [0.29, 0.717) is 17.9 Å². The van der Waals surface area contributed by atoms with Crippen molar-refractivity contribution in [3.8, 4) is 0 Å². The first-order valence-electron chi connectivity index (χ1n) is 5.15. The molecule has 2 rings (SSSR count). The van der Waals surface area contributed by atoms with Crippen molar-refractivity contribution < 1.29 is 14.3 Å². The van der Waals surface area contributed by atoms with E-state index in [1.807, 2.05) is 25.1 Å². The zero-order chi connectivity index (χ0) is 11.7. The second kappa shape index (κ2) is 3.96. The van der Waals surface area contributed by atoms with Gasteiger partial charge < -0.3 is 9.52 Å². The number of hydrogen-bond acceptors (Lipinski definition) is 3. The van der Waals surface area contributed by atoms with E-state index in [-0.39, 0.29) is 0 Å². The SMILES string of the molecule is Cc1ccc2nc(CC(C)C(=O)O)oc2c1. The lowest BCUT2D eigenvalue weighted by atomic mass is 10.1. The van der Waals surface area contributed by atoms with Crippen molar-refractivity contribution in [2.75, 3.05) is 0 Å². The number of hydrogen-bond donors (Lipinski definition) is 1. The molecule has 0 fully saturated rings. The summed E-state index contributed by atoms with van der Waals surface area (Å²) in [6, 6.07) is 5.73. The summed E-state index contributed by atoms with van der Waals surface area (Å²) >= 11 is 0. The van der Waals surface area contributed by atoms with Gasteiger partial charge in [-0.2, -0.15) is 0 Å². The topological polar surface area (TPSA) is 63.3 Å². The molecule has 0 saturated carbocycles. The Kier molecular flexibility index (Phi) is 2.64. The molecule has 84 valence electrons. The monoisotopic (exact) mass is 219 g/mol. The lowest BCUT2D eigenvalue weighted by molar-refractivity contribution is -0.141. The molecule has 1 N–H and O–H groups in total. The molecular weight excluding hydrogens is 206 g/mol. The third-order valence-electron chi connectivity index (χ3n) is 2.49. The molecule has 1 unspecified atom stereocenters. The van der Waals surface area contributed by atoms with Crippen LogP contribution in [0.4, 0.5) is 0 Å². The molecule has 0 saturated heterocycles. The Bertz CT molecular complexity index is 530. The van der Waals surface area contributed by atoms with Crippen LogP contribution in [0.2, 0.25) is 0 Å². The van der Waals surface area contributed by atoms with Crippen LogP contribution >= 0.6 is 0 Å². The van der Waals surface area contributed by atoms with Gasteiger partial charge in [0.2, 0.25) is 0 Å². The highest BCUT2D eigenvalue weighted by molar-refractivity contribution is 5.73. The minimum Gasteiger partial charge on any atom is -0.481 e. The van der Waals surface area contributed by atoms with E-state index in [9.17, 15) is 4.79 Å². The fraction of sp³-hybridized carbons (Fsp3) is 0.333. The van der Waals surface area contributed by atoms with Crippen molar-refractivity contribution in [1.29, 1.82) is 0 Å². The molecule has 2 aromatic rings. The summed E-state index contributed by atoms with van der Waals surface area (Å²) in [6.45, 7) is 3.62. The molecule has 0 radical (unpaired) electrons. The van der Waals surface area contributed by atoms with Gasteiger partial charge in [-0.15, -0.1) is 0 Å². The molecule has 1 aromatic heterocycles. The van der Waals surface area contributed by atoms with Crippen LogP contribution in [-0.4, -0.2) is 16.1 Å². The zero-order valence-corrected chi connectivity index (χ0v) is 9.23. The van der Waals surface area contributed by atoms with Gasteiger partial charge >= 0.3 is 5.97 Å². The summed E-state index contributed by atoms with van der Waals surface area (Å²) in [5.41, 5.74) is 2.59. The molecule has 0 bridgehead atoms. The van der Waals surface area contributed by atoms with Crippen molar-refractivity contribution in [3.05, 3.63) is 29.7 Å².